The molecule has 186 valence electrons. The van der Waals surface area contributed by atoms with Crippen LogP contribution in [0.4, 0.5) is 0 Å². The summed E-state index contributed by atoms with van der Waals surface area (Å²) < 4.78 is 37.2. The Labute approximate surface area is 196 Å². The molecule has 1 aromatic rings. The van der Waals surface area contributed by atoms with Crippen molar-refractivity contribution >= 4 is 21.9 Å². The van der Waals surface area contributed by atoms with Crippen molar-refractivity contribution in [1.29, 1.82) is 0 Å². The van der Waals surface area contributed by atoms with E-state index in [9.17, 15) is 18.0 Å². The summed E-state index contributed by atoms with van der Waals surface area (Å²) in [6, 6.07) is 2.97. The number of esters is 1. The zero-order valence-electron chi connectivity index (χ0n) is 19.8. The van der Waals surface area contributed by atoms with Crippen LogP contribution in [0.15, 0.2) is 21.6 Å². The third-order valence-electron chi connectivity index (χ3n) is 6.54. The monoisotopic (exact) mass is 483 g/mol. The maximum Gasteiger partial charge on any atom is 0.374 e. The minimum absolute atomic E-state index is 0.00987. The number of carbonyl (C=O) groups excluding carboxylic acids is 2. The highest BCUT2D eigenvalue weighted by molar-refractivity contribution is 7.89. The first-order valence-corrected chi connectivity index (χ1v) is 13.6. The van der Waals surface area contributed by atoms with Gasteiger partial charge in [0.25, 0.3) is 10.0 Å². The normalized spacial score (nSPS) is 21.1. The van der Waals surface area contributed by atoms with Crippen LogP contribution in [0, 0.1) is 5.92 Å². The number of nitrogens with zero attached hydrogens (tertiary/aromatic N) is 2. The van der Waals surface area contributed by atoms with E-state index in [0.717, 1.165) is 19.5 Å². The third-order valence-corrected chi connectivity index (χ3v) is 8.31. The van der Waals surface area contributed by atoms with E-state index >= 15 is 0 Å². The lowest BCUT2D eigenvalue weighted by Crippen LogP contribution is -2.49. The van der Waals surface area contributed by atoms with E-state index in [1.807, 2.05) is 0 Å². The lowest BCUT2D eigenvalue weighted by molar-refractivity contribution is -0.126. The van der Waals surface area contributed by atoms with Crippen LogP contribution in [-0.4, -0.2) is 74.9 Å². The molecule has 1 unspecified atom stereocenters. The van der Waals surface area contributed by atoms with E-state index in [1.165, 1.54) is 42.1 Å². The van der Waals surface area contributed by atoms with Gasteiger partial charge in [0.05, 0.1) is 6.61 Å². The largest absolute Gasteiger partial charge is 0.460 e. The van der Waals surface area contributed by atoms with E-state index in [-0.39, 0.29) is 42.4 Å². The van der Waals surface area contributed by atoms with E-state index in [4.69, 9.17) is 9.15 Å². The van der Waals surface area contributed by atoms with Crippen LogP contribution >= 0.6 is 0 Å². The van der Waals surface area contributed by atoms with Gasteiger partial charge in [-0.05, 0) is 64.3 Å². The van der Waals surface area contributed by atoms with Crippen molar-refractivity contribution in [2.75, 3.05) is 39.3 Å². The molecule has 0 aromatic carbocycles. The van der Waals surface area contributed by atoms with Gasteiger partial charge >= 0.3 is 5.97 Å². The summed E-state index contributed by atoms with van der Waals surface area (Å²) in [5.41, 5.74) is 0. The van der Waals surface area contributed by atoms with Crippen LogP contribution < -0.4 is 5.32 Å². The van der Waals surface area contributed by atoms with E-state index in [0.29, 0.717) is 25.4 Å². The fraction of sp³-hybridized carbons (Fsp3) is 0.739. The molecular formula is C23H37N3O6S. The molecule has 33 heavy (non-hydrogen) atoms. The van der Waals surface area contributed by atoms with Gasteiger partial charge in [0, 0.05) is 31.6 Å². The summed E-state index contributed by atoms with van der Waals surface area (Å²) in [7, 11) is -3.86. The fourth-order valence-corrected chi connectivity index (χ4v) is 5.95. The molecule has 1 amide bonds. The summed E-state index contributed by atoms with van der Waals surface area (Å²) in [6.45, 7) is 7.34. The molecule has 0 radical (unpaired) electrons. The smallest absolute Gasteiger partial charge is 0.374 e. The van der Waals surface area contributed by atoms with Gasteiger partial charge < -0.3 is 14.5 Å². The van der Waals surface area contributed by atoms with Gasteiger partial charge in [-0.1, -0.05) is 19.8 Å². The SMILES string of the molecule is CCCCN1CCCCC1CNC(=O)C1CCN(S(=O)(=O)c2ccc(C(=O)OCC)o2)CC1. The standard InChI is InChI=1S/C23H37N3O6S/c1-3-5-13-25-14-7-6-8-19(25)17-24-22(27)18-11-15-26(16-12-18)33(29,30)21-10-9-20(32-21)23(28)31-4-2/h9-10,18-19H,3-8,11-17H2,1-2H3,(H,24,27). The van der Waals surface area contributed by atoms with Crippen molar-refractivity contribution in [2.45, 2.75) is 69.9 Å². The average molecular weight is 484 g/mol. The summed E-state index contributed by atoms with van der Waals surface area (Å²) in [6.07, 6.45) is 6.79. The van der Waals surface area contributed by atoms with Crippen molar-refractivity contribution in [1.82, 2.24) is 14.5 Å². The summed E-state index contributed by atoms with van der Waals surface area (Å²) in [4.78, 5) is 27.0. The number of nitrogens with one attached hydrogen (secondary N) is 1. The van der Waals surface area contributed by atoms with Gasteiger partial charge in [-0.2, -0.15) is 4.31 Å². The Hall–Kier alpha value is -1.91. The van der Waals surface area contributed by atoms with Gasteiger partial charge in [0.15, 0.2) is 0 Å². The van der Waals surface area contributed by atoms with Crippen LogP contribution in [0.2, 0.25) is 0 Å². The Bertz CT molecular complexity index is 892. The highest BCUT2D eigenvalue weighted by atomic mass is 32.2. The number of hydrogen-bond donors (Lipinski definition) is 1. The first-order chi connectivity index (χ1) is 15.9. The van der Waals surface area contributed by atoms with Gasteiger partial charge in [0.2, 0.25) is 16.8 Å². The first kappa shape index (κ1) is 25.7. The summed E-state index contributed by atoms with van der Waals surface area (Å²) in [5, 5.41) is 2.84. The lowest BCUT2D eigenvalue weighted by atomic mass is 9.96. The van der Waals surface area contributed by atoms with E-state index in [2.05, 4.69) is 17.1 Å². The van der Waals surface area contributed by atoms with Crippen LogP contribution in [0.3, 0.4) is 0 Å². The van der Waals surface area contributed by atoms with E-state index < -0.39 is 16.0 Å². The van der Waals surface area contributed by atoms with Crippen molar-refractivity contribution in [3.63, 3.8) is 0 Å². The predicted octanol–water partition coefficient (Wildman–Crippen LogP) is 2.63. The topological polar surface area (TPSA) is 109 Å². The van der Waals surface area contributed by atoms with Gasteiger partial charge in [0.1, 0.15) is 0 Å². The van der Waals surface area contributed by atoms with Crippen LogP contribution in [-0.2, 0) is 19.6 Å². The predicted molar refractivity (Wildman–Crippen MR) is 123 cm³/mol. The molecule has 1 atom stereocenters. The number of sulfonamides is 1. The minimum Gasteiger partial charge on any atom is -0.460 e. The maximum atomic E-state index is 12.9. The molecule has 3 heterocycles. The Kier molecular flexibility index (Phi) is 9.34. The van der Waals surface area contributed by atoms with Crippen molar-refractivity contribution in [3.8, 4) is 0 Å². The van der Waals surface area contributed by atoms with Crippen LogP contribution in [0.1, 0.15) is 69.3 Å². The number of piperidine rings is 2. The second-order valence-electron chi connectivity index (χ2n) is 8.80. The highest BCUT2D eigenvalue weighted by Crippen LogP contribution is 2.26. The van der Waals surface area contributed by atoms with Crippen molar-refractivity contribution in [3.05, 3.63) is 17.9 Å². The van der Waals surface area contributed by atoms with Crippen LogP contribution in [0.25, 0.3) is 0 Å². The quantitative estimate of drug-likeness (QED) is 0.510. The number of amides is 1. The number of likely N-dealkylation sites (tertiary alicyclic amines) is 1. The molecule has 1 aromatic heterocycles. The third kappa shape index (κ3) is 6.58. The minimum atomic E-state index is -3.86. The van der Waals surface area contributed by atoms with E-state index in [1.54, 1.807) is 6.92 Å². The molecule has 9 nitrogen and oxygen atoms in total. The lowest BCUT2D eigenvalue weighted by Gasteiger charge is -2.36. The number of ether oxygens (including phenoxy) is 1. The fourth-order valence-electron chi connectivity index (χ4n) is 4.57. The second-order valence-corrected chi connectivity index (χ2v) is 10.7. The zero-order chi connectivity index (χ0) is 23.8. The first-order valence-electron chi connectivity index (χ1n) is 12.2. The molecule has 0 aliphatic carbocycles. The van der Waals surface area contributed by atoms with Crippen molar-refractivity contribution < 1.29 is 27.2 Å². The van der Waals surface area contributed by atoms with Gasteiger partial charge in [-0.15, -0.1) is 0 Å². The molecule has 2 aliphatic heterocycles. The summed E-state index contributed by atoms with van der Waals surface area (Å²) in [5.74, 6) is -1.02. The molecule has 2 saturated heterocycles. The Morgan fingerprint density at radius 3 is 2.58 bits per heavy atom. The molecule has 10 heteroatoms. The van der Waals surface area contributed by atoms with Gasteiger partial charge in [-0.3, -0.25) is 9.69 Å². The Morgan fingerprint density at radius 2 is 1.88 bits per heavy atom. The van der Waals surface area contributed by atoms with Gasteiger partial charge in [-0.25, -0.2) is 13.2 Å². The molecule has 2 aliphatic rings. The zero-order valence-corrected chi connectivity index (χ0v) is 20.6. The molecule has 0 spiro atoms. The molecule has 2 fully saturated rings. The molecule has 3 rings (SSSR count). The number of hydrogen-bond acceptors (Lipinski definition) is 7. The Balaban J connectivity index is 1.49. The van der Waals surface area contributed by atoms with Crippen LogP contribution in [0.5, 0.6) is 0 Å². The molecule has 0 bridgehead atoms. The molecule has 1 N–H and O–H groups in total. The Morgan fingerprint density at radius 1 is 1.12 bits per heavy atom. The number of furan rings is 1. The maximum absolute atomic E-state index is 12.9. The molecule has 0 saturated carbocycles. The van der Waals surface area contributed by atoms with Crippen molar-refractivity contribution in [2.24, 2.45) is 5.92 Å². The second kappa shape index (κ2) is 12.0. The molecular weight excluding hydrogens is 446 g/mol. The average Bonchev–Trinajstić information content (AvgIpc) is 3.33. The number of unbranched alkanes of at least 4 members (excludes halogenated alkanes) is 1. The highest BCUT2D eigenvalue weighted by Gasteiger charge is 2.34. The summed E-state index contributed by atoms with van der Waals surface area (Å²) >= 11 is 0. The number of carbonyl (C=O) groups is 2. The number of rotatable bonds is 10.